The fraction of sp³-hybridized carbons (Fsp3) is 0.689. The van der Waals surface area contributed by atoms with E-state index >= 15 is 0 Å². The highest BCUT2D eigenvalue weighted by Gasteiger charge is 2.19. The molecule has 6 heteroatoms. The molecule has 0 saturated heterocycles. The first-order valence-corrected chi connectivity index (χ1v) is 33.5. The van der Waals surface area contributed by atoms with Crippen molar-refractivity contribution in [2.45, 2.75) is 316 Å². The highest BCUT2D eigenvalue weighted by molar-refractivity contribution is 5.71. The largest absolute Gasteiger partial charge is 0.462 e. The van der Waals surface area contributed by atoms with Crippen molar-refractivity contribution in [3.8, 4) is 0 Å². The van der Waals surface area contributed by atoms with Crippen LogP contribution in [-0.2, 0) is 28.6 Å². The molecule has 0 amide bonds. The van der Waals surface area contributed by atoms with Crippen LogP contribution in [0.15, 0.2) is 122 Å². The van der Waals surface area contributed by atoms with E-state index < -0.39 is 6.10 Å². The number of hydrogen-bond acceptors (Lipinski definition) is 6. The van der Waals surface area contributed by atoms with E-state index in [0.717, 1.165) is 116 Å². The Morgan fingerprint density at radius 3 is 0.787 bits per heavy atom. The summed E-state index contributed by atoms with van der Waals surface area (Å²) in [6, 6.07) is 0. The maximum Gasteiger partial charge on any atom is 0.306 e. The van der Waals surface area contributed by atoms with Crippen molar-refractivity contribution in [1.29, 1.82) is 0 Å². The predicted molar refractivity (Wildman–Crippen MR) is 348 cm³/mol. The van der Waals surface area contributed by atoms with E-state index in [9.17, 15) is 14.4 Å². The zero-order valence-corrected chi connectivity index (χ0v) is 52.3. The molecule has 0 radical (unpaired) electrons. The number of carbonyl (C=O) groups excluding carboxylic acids is 3. The SMILES string of the molecule is CC/C=C\C/C=C\C/C=C\C/C=C\C/C=C\C/C=C\CCCCC(=O)OC(COC(=O)CCCCCCCCCCCC)COC(=O)CCCCCCCCCCCCCCCCCCCC/C=C\C/C=C\C/C=C\C/C=C\CC. The molecule has 0 N–H and O–H groups in total. The van der Waals surface area contributed by atoms with Crippen molar-refractivity contribution < 1.29 is 28.6 Å². The number of allylic oxidation sites excluding steroid dienone is 20. The number of hydrogen-bond donors (Lipinski definition) is 0. The first-order chi connectivity index (χ1) is 39.5. The van der Waals surface area contributed by atoms with Gasteiger partial charge in [0.1, 0.15) is 13.2 Å². The van der Waals surface area contributed by atoms with Crippen molar-refractivity contribution in [2.75, 3.05) is 13.2 Å². The van der Waals surface area contributed by atoms with E-state index in [1.807, 2.05) is 0 Å². The molecule has 0 fully saturated rings. The Hall–Kier alpha value is -4.19. The average molecular weight is 1110 g/mol. The lowest BCUT2D eigenvalue weighted by molar-refractivity contribution is -0.167. The molecule has 0 bridgehead atoms. The van der Waals surface area contributed by atoms with Crippen LogP contribution >= 0.6 is 0 Å². The second-order valence-electron chi connectivity index (χ2n) is 22.0. The number of esters is 3. The van der Waals surface area contributed by atoms with Gasteiger partial charge < -0.3 is 14.2 Å². The Labute approximate surface area is 494 Å². The first kappa shape index (κ1) is 75.8. The summed E-state index contributed by atoms with van der Waals surface area (Å²) in [5.41, 5.74) is 0. The minimum atomic E-state index is -0.801. The molecule has 6 nitrogen and oxygen atoms in total. The van der Waals surface area contributed by atoms with Gasteiger partial charge in [0.25, 0.3) is 0 Å². The second kappa shape index (κ2) is 67.3. The molecule has 0 aromatic carbocycles. The van der Waals surface area contributed by atoms with Gasteiger partial charge in [-0.3, -0.25) is 14.4 Å². The van der Waals surface area contributed by atoms with Gasteiger partial charge in [-0.15, -0.1) is 0 Å². The van der Waals surface area contributed by atoms with Gasteiger partial charge in [0.05, 0.1) is 0 Å². The van der Waals surface area contributed by atoms with Gasteiger partial charge in [-0.25, -0.2) is 0 Å². The number of rotatable bonds is 60. The summed E-state index contributed by atoms with van der Waals surface area (Å²) in [5, 5.41) is 0. The molecule has 0 saturated carbocycles. The molecule has 0 rings (SSSR count). The standard InChI is InChI=1S/C74H124O6/c1-4-7-10-13-16-19-22-24-26-28-30-32-33-34-35-36-37-38-39-40-41-43-44-46-48-50-52-55-58-61-64-67-73(76)79-70-71(69-78-72(75)66-63-60-57-54-21-18-15-12-9-6-3)80-74(77)68-65-62-59-56-53-51-49-47-45-42-31-29-27-25-23-20-17-14-11-8-5-2/h7-8,10-11,16-17,19-20,24-27,30-32,42,47,49,53,56,71H,4-6,9,12-15,18,21-23,28-29,33-41,43-46,48,50-52,54-55,57-70H2,1-3H3/b10-7-,11-8-,19-16-,20-17-,26-24-,27-25-,32-30-,42-31-,49-47-,56-53-. The minimum Gasteiger partial charge on any atom is -0.462 e. The van der Waals surface area contributed by atoms with Crippen LogP contribution in [0.5, 0.6) is 0 Å². The summed E-state index contributed by atoms with van der Waals surface area (Å²) in [6.45, 7) is 6.39. The van der Waals surface area contributed by atoms with Gasteiger partial charge >= 0.3 is 17.9 Å². The van der Waals surface area contributed by atoms with E-state index in [1.165, 1.54) is 148 Å². The van der Waals surface area contributed by atoms with Gasteiger partial charge in [0.2, 0.25) is 0 Å². The molecule has 456 valence electrons. The Bertz CT molecular complexity index is 1650. The second-order valence-corrected chi connectivity index (χ2v) is 22.0. The van der Waals surface area contributed by atoms with Crippen LogP contribution in [0.4, 0.5) is 0 Å². The van der Waals surface area contributed by atoms with Crippen LogP contribution in [0.3, 0.4) is 0 Å². The van der Waals surface area contributed by atoms with E-state index in [4.69, 9.17) is 14.2 Å². The number of carbonyl (C=O) groups is 3. The van der Waals surface area contributed by atoms with Crippen LogP contribution in [0.1, 0.15) is 310 Å². The normalized spacial score (nSPS) is 12.9. The molecule has 0 aliphatic rings. The molecule has 0 aliphatic carbocycles. The highest BCUT2D eigenvalue weighted by Crippen LogP contribution is 2.17. The maximum absolute atomic E-state index is 12.9. The Morgan fingerprint density at radius 1 is 0.263 bits per heavy atom. The molecule has 0 aromatic rings. The topological polar surface area (TPSA) is 78.9 Å². The van der Waals surface area contributed by atoms with Gasteiger partial charge in [-0.2, -0.15) is 0 Å². The quantitative estimate of drug-likeness (QED) is 0.0261. The first-order valence-electron chi connectivity index (χ1n) is 33.5. The summed E-state index contributed by atoms with van der Waals surface area (Å²) in [5.74, 6) is -0.930. The van der Waals surface area contributed by atoms with Crippen LogP contribution in [0.25, 0.3) is 0 Å². The Kier molecular flexibility index (Phi) is 63.8. The number of unbranched alkanes of at least 4 members (excludes halogenated alkanes) is 29. The summed E-state index contributed by atoms with van der Waals surface area (Å²) >= 11 is 0. The summed E-state index contributed by atoms with van der Waals surface area (Å²) < 4.78 is 16.9. The molecule has 0 aromatic heterocycles. The molecule has 0 aliphatic heterocycles. The van der Waals surface area contributed by atoms with Crippen molar-refractivity contribution in [2.24, 2.45) is 0 Å². The molecular formula is C74H124O6. The fourth-order valence-electron chi connectivity index (χ4n) is 9.26. The van der Waals surface area contributed by atoms with Gasteiger partial charge in [-0.05, 0) is 109 Å². The van der Waals surface area contributed by atoms with Crippen molar-refractivity contribution in [3.05, 3.63) is 122 Å². The molecule has 1 unspecified atom stereocenters. The monoisotopic (exact) mass is 1110 g/mol. The fourth-order valence-corrected chi connectivity index (χ4v) is 9.26. The van der Waals surface area contributed by atoms with Gasteiger partial charge in [-0.1, -0.05) is 303 Å². The zero-order valence-electron chi connectivity index (χ0n) is 52.3. The third-order valence-electron chi connectivity index (χ3n) is 14.2. The lowest BCUT2D eigenvalue weighted by Gasteiger charge is -2.18. The van der Waals surface area contributed by atoms with Gasteiger partial charge in [0.15, 0.2) is 6.10 Å². The third-order valence-corrected chi connectivity index (χ3v) is 14.2. The average Bonchev–Trinajstić information content (AvgIpc) is 3.46. The molecule has 0 spiro atoms. The minimum absolute atomic E-state index is 0.0938. The van der Waals surface area contributed by atoms with E-state index in [2.05, 4.69) is 142 Å². The molecular weight excluding hydrogens is 985 g/mol. The van der Waals surface area contributed by atoms with Crippen molar-refractivity contribution in [1.82, 2.24) is 0 Å². The lowest BCUT2D eigenvalue weighted by Crippen LogP contribution is -2.30. The predicted octanol–water partition coefficient (Wildman–Crippen LogP) is 23.2. The Balaban J connectivity index is 4.22. The summed E-state index contributed by atoms with van der Waals surface area (Å²) in [6.07, 6.45) is 93.8. The lowest BCUT2D eigenvalue weighted by atomic mass is 10.0. The summed E-state index contributed by atoms with van der Waals surface area (Å²) in [4.78, 5) is 38.3. The smallest absolute Gasteiger partial charge is 0.306 e. The van der Waals surface area contributed by atoms with E-state index in [1.54, 1.807) is 0 Å². The number of ether oxygens (including phenoxy) is 3. The van der Waals surface area contributed by atoms with Crippen LogP contribution in [-0.4, -0.2) is 37.2 Å². The molecule has 1 atom stereocenters. The summed E-state index contributed by atoms with van der Waals surface area (Å²) in [7, 11) is 0. The van der Waals surface area contributed by atoms with Crippen molar-refractivity contribution in [3.63, 3.8) is 0 Å². The zero-order chi connectivity index (χ0) is 57.8. The third kappa shape index (κ3) is 64.6. The molecule has 0 heterocycles. The van der Waals surface area contributed by atoms with Crippen LogP contribution in [0, 0.1) is 0 Å². The van der Waals surface area contributed by atoms with E-state index in [-0.39, 0.29) is 37.5 Å². The highest BCUT2D eigenvalue weighted by atomic mass is 16.6. The maximum atomic E-state index is 12.9. The van der Waals surface area contributed by atoms with Gasteiger partial charge in [0, 0.05) is 19.3 Å². The van der Waals surface area contributed by atoms with Crippen LogP contribution in [0.2, 0.25) is 0 Å². The van der Waals surface area contributed by atoms with E-state index in [0.29, 0.717) is 19.3 Å². The van der Waals surface area contributed by atoms with Crippen molar-refractivity contribution >= 4 is 17.9 Å². The van der Waals surface area contributed by atoms with Crippen LogP contribution < -0.4 is 0 Å². The molecule has 80 heavy (non-hydrogen) atoms. The Morgan fingerprint density at radius 2 is 0.487 bits per heavy atom.